The Bertz CT molecular complexity index is 370. The minimum absolute atomic E-state index is 0.00775. The summed E-state index contributed by atoms with van der Waals surface area (Å²) in [5.74, 6) is 0.542. The van der Waals surface area contributed by atoms with E-state index in [2.05, 4.69) is 10.3 Å². The lowest BCUT2D eigenvalue weighted by atomic mass is 10.4. The molecule has 0 radical (unpaired) electrons. The van der Waals surface area contributed by atoms with E-state index in [0.717, 1.165) is 0 Å². The highest BCUT2D eigenvalue weighted by Gasteiger charge is 2.11. The average molecular weight is 227 g/mol. The van der Waals surface area contributed by atoms with Gasteiger partial charge >= 0.3 is 0 Å². The molecular formula is C9H13N3O4. The Kier molecular flexibility index (Phi) is 4.46. The van der Waals surface area contributed by atoms with E-state index >= 15 is 0 Å². The van der Waals surface area contributed by atoms with Crippen molar-refractivity contribution >= 4 is 11.5 Å². The highest BCUT2D eigenvalue weighted by molar-refractivity contribution is 5.47. The SMILES string of the molecule is CNc1cc([N+](=O)[O-])cc(OCCCO)n1. The predicted molar refractivity (Wildman–Crippen MR) is 57.6 cm³/mol. The molecule has 0 unspecified atom stereocenters. The molecule has 1 aromatic rings. The van der Waals surface area contributed by atoms with Gasteiger partial charge in [0.25, 0.3) is 5.69 Å². The highest BCUT2D eigenvalue weighted by atomic mass is 16.6. The Morgan fingerprint density at radius 2 is 2.38 bits per heavy atom. The fraction of sp³-hybridized carbons (Fsp3) is 0.444. The van der Waals surface area contributed by atoms with Crippen LogP contribution in [0.5, 0.6) is 5.88 Å². The molecule has 1 rings (SSSR count). The van der Waals surface area contributed by atoms with Gasteiger partial charge in [-0.15, -0.1) is 0 Å². The number of nitrogens with one attached hydrogen (secondary N) is 1. The van der Waals surface area contributed by atoms with Gasteiger partial charge in [-0.25, -0.2) is 0 Å². The van der Waals surface area contributed by atoms with Crippen LogP contribution >= 0.6 is 0 Å². The summed E-state index contributed by atoms with van der Waals surface area (Å²) in [6.07, 6.45) is 0.458. The van der Waals surface area contributed by atoms with Crippen molar-refractivity contribution in [1.82, 2.24) is 4.98 Å². The van der Waals surface area contributed by atoms with E-state index in [1.807, 2.05) is 0 Å². The van der Waals surface area contributed by atoms with Crippen LogP contribution in [0.3, 0.4) is 0 Å². The topological polar surface area (TPSA) is 97.5 Å². The molecular weight excluding hydrogens is 214 g/mol. The number of aliphatic hydroxyl groups is 1. The van der Waals surface area contributed by atoms with E-state index in [0.29, 0.717) is 12.2 Å². The van der Waals surface area contributed by atoms with Crippen LogP contribution in [0.25, 0.3) is 0 Å². The second-order valence-corrected chi connectivity index (χ2v) is 2.98. The van der Waals surface area contributed by atoms with Crippen LogP contribution in [0.1, 0.15) is 6.42 Å². The molecule has 0 aliphatic carbocycles. The number of aromatic nitrogens is 1. The molecule has 0 saturated heterocycles. The summed E-state index contributed by atoms with van der Waals surface area (Å²) < 4.78 is 5.16. The fourth-order valence-corrected chi connectivity index (χ4v) is 1.04. The molecule has 0 atom stereocenters. The lowest BCUT2D eigenvalue weighted by molar-refractivity contribution is -0.384. The first kappa shape index (κ1) is 12.2. The standard InChI is InChI=1S/C9H13N3O4/c1-10-8-5-7(12(14)15)6-9(11-8)16-4-2-3-13/h5-6,13H,2-4H2,1H3,(H,10,11). The molecule has 2 N–H and O–H groups in total. The normalized spacial score (nSPS) is 9.88. The molecule has 16 heavy (non-hydrogen) atoms. The highest BCUT2D eigenvalue weighted by Crippen LogP contribution is 2.21. The number of anilines is 1. The van der Waals surface area contributed by atoms with Crippen molar-refractivity contribution in [1.29, 1.82) is 0 Å². The summed E-state index contributed by atoms with van der Waals surface area (Å²) in [5, 5.41) is 21.9. The quantitative estimate of drug-likeness (QED) is 0.423. The van der Waals surface area contributed by atoms with Crippen molar-refractivity contribution < 1.29 is 14.8 Å². The summed E-state index contributed by atoms with van der Waals surface area (Å²) in [4.78, 5) is 14.1. The average Bonchev–Trinajstić information content (AvgIpc) is 2.29. The number of hydrogen-bond acceptors (Lipinski definition) is 6. The summed E-state index contributed by atoms with van der Waals surface area (Å²) in [6, 6.07) is 2.57. The molecule has 7 heteroatoms. The Balaban J connectivity index is 2.82. The van der Waals surface area contributed by atoms with Crippen molar-refractivity contribution in [2.24, 2.45) is 0 Å². The van der Waals surface area contributed by atoms with E-state index in [1.54, 1.807) is 7.05 Å². The third-order valence-corrected chi connectivity index (χ3v) is 1.81. The number of ether oxygens (including phenoxy) is 1. The van der Waals surface area contributed by atoms with Crippen LogP contribution in [0.4, 0.5) is 11.5 Å². The van der Waals surface area contributed by atoms with Gasteiger partial charge in [0.15, 0.2) is 0 Å². The molecule has 0 bridgehead atoms. The largest absolute Gasteiger partial charge is 0.477 e. The van der Waals surface area contributed by atoms with E-state index in [-0.39, 0.29) is 24.8 Å². The van der Waals surface area contributed by atoms with Gasteiger partial charge in [-0.05, 0) is 0 Å². The minimum Gasteiger partial charge on any atom is -0.477 e. The van der Waals surface area contributed by atoms with Gasteiger partial charge in [0.2, 0.25) is 5.88 Å². The Labute approximate surface area is 92.2 Å². The first-order chi connectivity index (χ1) is 7.67. The Morgan fingerprint density at radius 3 is 2.94 bits per heavy atom. The Hall–Kier alpha value is -1.89. The molecule has 0 spiro atoms. The second-order valence-electron chi connectivity index (χ2n) is 2.98. The molecule has 1 aromatic heterocycles. The summed E-state index contributed by atoms with van der Waals surface area (Å²) in [5.41, 5.74) is -0.0849. The molecule has 0 saturated carbocycles. The third-order valence-electron chi connectivity index (χ3n) is 1.81. The van der Waals surface area contributed by atoms with Crippen LogP contribution in [0.2, 0.25) is 0 Å². The van der Waals surface area contributed by atoms with Gasteiger partial charge in [-0.1, -0.05) is 0 Å². The predicted octanol–water partition coefficient (Wildman–Crippen LogP) is 0.793. The molecule has 0 aromatic carbocycles. The van der Waals surface area contributed by atoms with Crippen LogP contribution < -0.4 is 10.1 Å². The molecule has 0 fully saturated rings. The first-order valence-corrected chi connectivity index (χ1v) is 4.75. The van der Waals surface area contributed by atoms with E-state index in [4.69, 9.17) is 9.84 Å². The zero-order valence-electron chi connectivity index (χ0n) is 8.84. The van der Waals surface area contributed by atoms with E-state index < -0.39 is 4.92 Å². The molecule has 0 aliphatic heterocycles. The monoisotopic (exact) mass is 227 g/mol. The van der Waals surface area contributed by atoms with Crippen molar-refractivity contribution in [2.45, 2.75) is 6.42 Å². The van der Waals surface area contributed by atoms with E-state index in [1.165, 1.54) is 12.1 Å². The number of pyridine rings is 1. The lowest BCUT2D eigenvalue weighted by Gasteiger charge is -2.06. The van der Waals surface area contributed by atoms with Gasteiger partial charge in [0.1, 0.15) is 5.82 Å². The van der Waals surface area contributed by atoms with Crippen LogP contribution in [-0.2, 0) is 0 Å². The zero-order valence-corrected chi connectivity index (χ0v) is 8.84. The van der Waals surface area contributed by atoms with Gasteiger partial charge in [-0.2, -0.15) is 4.98 Å². The van der Waals surface area contributed by atoms with Gasteiger partial charge in [0, 0.05) is 20.1 Å². The summed E-state index contributed by atoms with van der Waals surface area (Å²) in [7, 11) is 1.61. The van der Waals surface area contributed by atoms with Crippen molar-refractivity contribution in [3.8, 4) is 5.88 Å². The molecule has 0 aliphatic rings. The van der Waals surface area contributed by atoms with E-state index in [9.17, 15) is 10.1 Å². The molecule has 0 amide bonds. The number of rotatable bonds is 6. The number of nitrogens with zero attached hydrogens (tertiary/aromatic N) is 2. The minimum atomic E-state index is -0.512. The second kappa shape index (κ2) is 5.86. The van der Waals surface area contributed by atoms with Crippen LogP contribution in [-0.4, -0.2) is 35.3 Å². The van der Waals surface area contributed by atoms with Gasteiger partial charge < -0.3 is 15.2 Å². The Morgan fingerprint density at radius 1 is 1.62 bits per heavy atom. The maximum Gasteiger partial charge on any atom is 0.278 e. The van der Waals surface area contributed by atoms with Crippen molar-refractivity contribution in [3.05, 3.63) is 22.2 Å². The smallest absolute Gasteiger partial charge is 0.278 e. The number of aliphatic hydroxyl groups excluding tert-OH is 1. The lowest BCUT2D eigenvalue weighted by Crippen LogP contribution is -2.03. The van der Waals surface area contributed by atoms with Crippen LogP contribution in [0, 0.1) is 10.1 Å². The first-order valence-electron chi connectivity index (χ1n) is 4.75. The molecule has 88 valence electrons. The van der Waals surface area contributed by atoms with Crippen molar-refractivity contribution in [3.63, 3.8) is 0 Å². The maximum absolute atomic E-state index is 10.6. The molecule has 1 heterocycles. The number of nitro groups is 1. The summed E-state index contributed by atoms with van der Waals surface area (Å²) >= 11 is 0. The summed E-state index contributed by atoms with van der Waals surface area (Å²) in [6.45, 7) is 0.279. The number of hydrogen-bond donors (Lipinski definition) is 2. The fourth-order valence-electron chi connectivity index (χ4n) is 1.04. The van der Waals surface area contributed by atoms with Crippen LogP contribution in [0.15, 0.2) is 12.1 Å². The zero-order chi connectivity index (χ0) is 12.0. The van der Waals surface area contributed by atoms with Gasteiger partial charge in [-0.3, -0.25) is 10.1 Å². The third kappa shape index (κ3) is 3.35. The van der Waals surface area contributed by atoms with Crippen molar-refractivity contribution in [2.75, 3.05) is 25.6 Å². The molecule has 7 nitrogen and oxygen atoms in total. The van der Waals surface area contributed by atoms with Gasteiger partial charge in [0.05, 0.1) is 23.7 Å². The maximum atomic E-state index is 10.6.